The summed E-state index contributed by atoms with van der Waals surface area (Å²) in [5, 5.41) is 8.96. The van der Waals surface area contributed by atoms with Gasteiger partial charge in [0.15, 0.2) is 0 Å². The van der Waals surface area contributed by atoms with Crippen molar-refractivity contribution >= 4 is 5.69 Å². The minimum Gasteiger partial charge on any atom is -0.376 e. The molecule has 0 N–H and O–H groups in total. The highest BCUT2D eigenvalue weighted by atomic mass is 19.1. The molecule has 17 heavy (non-hydrogen) atoms. The van der Waals surface area contributed by atoms with Gasteiger partial charge >= 0.3 is 0 Å². The predicted octanol–water partition coefficient (Wildman–Crippen LogP) is 2.31. The van der Waals surface area contributed by atoms with Gasteiger partial charge in [0.1, 0.15) is 17.4 Å². The van der Waals surface area contributed by atoms with Crippen LogP contribution in [0.2, 0.25) is 0 Å². The highest BCUT2D eigenvalue weighted by molar-refractivity contribution is 5.59. The van der Waals surface area contributed by atoms with Crippen LogP contribution < -0.4 is 4.90 Å². The van der Waals surface area contributed by atoms with Gasteiger partial charge in [0.2, 0.25) is 0 Å². The maximum Gasteiger partial charge on any atom is 0.143 e. The van der Waals surface area contributed by atoms with Gasteiger partial charge in [-0.1, -0.05) is 6.07 Å². The van der Waals surface area contributed by atoms with Crippen molar-refractivity contribution in [1.82, 2.24) is 0 Å². The van der Waals surface area contributed by atoms with Crippen molar-refractivity contribution < 1.29 is 9.13 Å². The molecule has 1 aliphatic heterocycles. The number of anilines is 1. The molecule has 1 aromatic carbocycles. The zero-order valence-corrected chi connectivity index (χ0v) is 9.82. The first-order valence-electron chi connectivity index (χ1n) is 5.73. The number of benzene rings is 1. The summed E-state index contributed by atoms with van der Waals surface area (Å²) < 4.78 is 19.0. The van der Waals surface area contributed by atoms with Crippen molar-refractivity contribution in [1.29, 1.82) is 5.26 Å². The molecule has 0 amide bonds. The fourth-order valence-electron chi connectivity index (χ4n) is 2.13. The van der Waals surface area contributed by atoms with Crippen molar-refractivity contribution in [2.45, 2.75) is 18.9 Å². The van der Waals surface area contributed by atoms with E-state index < -0.39 is 5.82 Å². The van der Waals surface area contributed by atoms with Gasteiger partial charge in [-0.15, -0.1) is 0 Å². The van der Waals surface area contributed by atoms with E-state index in [1.165, 1.54) is 6.07 Å². The second kappa shape index (κ2) is 5.15. The molecule has 1 unspecified atom stereocenters. The lowest BCUT2D eigenvalue weighted by atomic mass is 10.1. The Morgan fingerprint density at radius 3 is 3.06 bits per heavy atom. The largest absolute Gasteiger partial charge is 0.376 e. The lowest BCUT2D eigenvalue weighted by molar-refractivity contribution is 0.116. The van der Waals surface area contributed by atoms with E-state index in [4.69, 9.17) is 10.00 Å². The lowest BCUT2D eigenvalue weighted by Crippen LogP contribution is -2.29. The highest BCUT2D eigenvalue weighted by Gasteiger charge is 2.19. The van der Waals surface area contributed by atoms with E-state index in [0.29, 0.717) is 12.2 Å². The average Bonchev–Trinajstić information content (AvgIpc) is 2.81. The van der Waals surface area contributed by atoms with E-state index in [0.717, 1.165) is 19.4 Å². The molecule has 1 heterocycles. The molecule has 2 rings (SSSR count). The Morgan fingerprint density at radius 2 is 2.41 bits per heavy atom. The SMILES string of the molecule is CN(CC1CCCO1)c1cccc(F)c1C#N. The first-order valence-corrected chi connectivity index (χ1v) is 5.73. The van der Waals surface area contributed by atoms with Crippen LogP contribution in [0.1, 0.15) is 18.4 Å². The van der Waals surface area contributed by atoms with Gasteiger partial charge < -0.3 is 9.64 Å². The van der Waals surface area contributed by atoms with Crippen molar-refractivity contribution in [3.8, 4) is 6.07 Å². The molecule has 0 spiro atoms. The third kappa shape index (κ3) is 2.56. The normalized spacial score (nSPS) is 19.0. The quantitative estimate of drug-likeness (QED) is 0.805. The molecular weight excluding hydrogens is 219 g/mol. The summed E-state index contributed by atoms with van der Waals surface area (Å²) in [6, 6.07) is 6.60. The van der Waals surface area contributed by atoms with E-state index >= 15 is 0 Å². The highest BCUT2D eigenvalue weighted by Crippen LogP contribution is 2.23. The van der Waals surface area contributed by atoms with Crippen LogP contribution in [-0.2, 0) is 4.74 Å². The summed E-state index contributed by atoms with van der Waals surface area (Å²) in [5.74, 6) is -0.468. The van der Waals surface area contributed by atoms with Gasteiger partial charge in [-0.05, 0) is 25.0 Å². The topological polar surface area (TPSA) is 36.3 Å². The van der Waals surface area contributed by atoms with Crippen LogP contribution in [0.3, 0.4) is 0 Å². The number of nitrogens with zero attached hydrogens (tertiary/aromatic N) is 2. The third-order valence-corrected chi connectivity index (χ3v) is 3.02. The number of ether oxygens (including phenoxy) is 1. The Kier molecular flexibility index (Phi) is 3.60. The standard InChI is InChI=1S/C13H15FN2O/c1-16(9-10-4-3-7-17-10)13-6-2-5-12(14)11(13)8-15/h2,5-6,10H,3-4,7,9H2,1H3. The summed E-state index contributed by atoms with van der Waals surface area (Å²) in [5.41, 5.74) is 0.732. The molecular formula is C13H15FN2O. The summed E-state index contributed by atoms with van der Waals surface area (Å²) in [4.78, 5) is 1.89. The van der Waals surface area contributed by atoms with Gasteiger partial charge in [0.05, 0.1) is 11.8 Å². The molecule has 90 valence electrons. The molecule has 1 saturated heterocycles. The van der Waals surface area contributed by atoms with Crippen molar-refractivity contribution in [2.75, 3.05) is 25.1 Å². The number of hydrogen-bond acceptors (Lipinski definition) is 3. The summed E-state index contributed by atoms with van der Waals surface area (Å²) in [6.45, 7) is 1.49. The molecule has 1 fully saturated rings. The van der Waals surface area contributed by atoms with Crippen LogP contribution in [-0.4, -0.2) is 26.3 Å². The Hall–Kier alpha value is -1.60. The summed E-state index contributed by atoms with van der Waals surface area (Å²) in [6.07, 6.45) is 2.30. The van der Waals surface area contributed by atoms with E-state index in [-0.39, 0.29) is 11.7 Å². The van der Waals surface area contributed by atoms with Gasteiger partial charge in [0.25, 0.3) is 0 Å². The summed E-state index contributed by atoms with van der Waals surface area (Å²) in [7, 11) is 1.86. The van der Waals surface area contributed by atoms with Crippen LogP contribution in [0, 0.1) is 17.1 Å². The van der Waals surface area contributed by atoms with Crippen LogP contribution in [0.25, 0.3) is 0 Å². The van der Waals surface area contributed by atoms with Crippen molar-refractivity contribution in [3.05, 3.63) is 29.6 Å². The molecule has 0 aromatic heterocycles. The molecule has 1 atom stereocenters. The second-order valence-corrected chi connectivity index (χ2v) is 4.26. The van der Waals surface area contributed by atoms with E-state index in [9.17, 15) is 4.39 Å². The monoisotopic (exact) mass is 234 g/mol. The predicted molar refractivity (Wildman–Crippen MR) is 63.4 cm³/mol. The molecule has 0 saturated carbocycles. The number of likely N-dealkylation sites (N-methyl/N-ethyl adjacent to an activating group) is 1. The molecule has 0 aliphatic carbocycles. The Labute approximate surface area is 100 Å². The minimum atomic E-state index is -0.468. The minimum absolute atomic E-state index is 0.105. The van der Waals surface area contributed by atoms with Crippen LogP contribution >= 0.6 is 0 Å². The fourth-order valence-corrected chi connectivity index (χ4v) is 2.13. The zero-order valence-electron chi connectivity index (χ0n) is 9.82. The molecule has 0 radical (unpaired) electrons. The smallest absolute Gasteiger partial charge is 0.143 e. The number of hydrogen-bond donors (Lipinski definition) is 0. The fraction of sp³-hybridized carbons (Fsp3) is 0.462. The number of nitriles is 1. The van der Waals surface area contributed by atoms with E-state index in [2.05, 4.69) is 0 Å². The Balaban J connectivity index is 2.15. The molecule has 4 heteroatoms. The first-order chi connectivity index (χ1) is 8.22. The van der Waals surface area contributed by atoms with Gasteiger partial charge in [-0.3, -0.25) is 0 Å². The van der Waals surface area contributed by atoms with Crippen molar-refractivity contribution in [3.63, 3.8) is 0 Å². The molecule has 0 bridgehead atoms. The Bertz CT molecular complexity index is 436. The molecule has 1 aliphatic rings. The third-order valence-electron chi connectivity index (χ3n) is 3.02. The molecule has 3 nitrogen and oxygen atoms in total. The van der Waals surface area contributed by atoms with Gasteiger partial charge in [-0.25, -0.2) is 4.39 Å². The number of rotatable bonds is 3. The second-order valence-electron chi connectivity index (χ2n) is 4.26. The summed E-state index contributed by atoms with van der Waals surface area (Å²) >= 11 is 0. The first kappa shape index (κ1) is 11.9. The maximum absolute atomic E-state index is 13.4. The van der Waals surface area contributed by atoms with Crippen LogP contribution in [0.4, 0.5) is 10.1 Å². The zero-order chi connectivity index (χ0) is 12.3. The Morgan fingerprint density at radius 1 is 1.59 bits per heavy atom. The number of halogens is 1. The van der Waals surface area contributed by atoms with Crippen LogP contribution in [0.15, 0.2) is 18.2 Å². The molecule has 1 aromatic rings. The lowest BCUT2D eigenvalue weighted by Gasteiger charge is -2.23. The van der Waals surface area contributed by atoms with Crippen LogP contribution in [0.5, 0.6) is 0 Å². The van der Waals surface area contributed by atoms with Gasteiger partial charge in [-0.2, -0.15) is 5.26 Å². The van der Waals surface area contributed by atoms with Gasteiger partial charge in [0, 0.05) is 20.2 Å². The maximum atomic E-state index is 13.4. The van der Waals surface area contributed by atoms with Crippen molar-refractivity contribution in [2.24, 2.45) is 0 Å². The van der Waals surface area contributed by atoms with E-state index in [1.54, 1.807) is 12.1 Å². The van der Waals surface area contributed by atoms with E-state index in [1.807, 2.05) is 18.0 Å². The average molecular weight is 234 g/mol.